The molecule has 148 valence electrons. The summed E-state index contributed by atoms with van der Waals surface area (Å²) in [6.45, 7) is 4.76. The van der Waals surface area contributed by atoms with Crippen molar-refractivity contribution in [2.24, 2.45) is 0 Å². The first-order valence-electron chi connectivity index (χ1n) is 10.5. The lowest BCUT2D eigenvalue weighted by Crippen LogP contribution is -2.13. The zero-order valence-corrected chi connectivity index (χ0v) is 16.7. The minimum absolute atomic E-state index is 0.178. The Morgan fingerprint density at radius 1 is 0.520 bits per heavy atom. The highest BCUT2D eigenvalue weighted by Gasteiger charge is 2.05. The third-order valence-corrected chi connectivity index (χ3v) is 4.33. The van der Waals surface area contributed by atoms with Crippen LogP contribution in [0.15, 0.2) is 0 Å². The van der Waals surface area contributed by atoms with E-state index in [9.17, 15) is 9.59 Å². The highest BCUT2D eigenvalue weighted by molar-refractivity contribution is 5.70. The molecular weight excluding hydrogens is 316 g/mol. The highest BCUT2D eigenvalue weighted by atomic mass is 16.6. The number of ether oxygens (including phenoxy) is 2. The monoisotopic (exact) mass is 356 g/mol. The number of carbonyl (C=O) groups excluding carboxylic acids is 2. The average Bonchev–Trinajstić information content (AvgIpc) is 2.61. The Bertz CT molecular complexity index is 315. The van der Waals surface area contributed by atoms with E-state index >= 15 is 0 Å². The molecule has 4 heteroatoms. The van der Waals surface area contributed by atoms with Crippen molar-refractivity contribution in [3.05, 3.63) is 0 Å². The first-order valence-corrected chi connectivity index (χ1v) is 10.5. The predicted molar refractivity (Wildman–Crippen MR) is 103 cm³/mol. The minimum atomic E-state index is -0.182. The van der Waals surface area contributed by atoms with Crippen molar-refractivity contribution < 1.29 is 19.1 Å². The zero-order valence-electron chi connectivity index (χ0n) is 16.7. The van der Waals surface area contributed by atoms with Crippen LogP contribution in [0.3, 0.4) is 0 Å². The van der Waals surface area contributed by atoms with Crippen molar-refractivity contribution in [3.8, 4) is 0 Å². The van der Waals surface area contributed by atoms with E-state index in [4.69, 9.17) is 9.47 Å². The maximum atomic E-state index is 11.6. The smallest absolute Gasteiger partial charge is 0.305 e. The molecule has 4 nitrogen and oxygen atoms in total. The number of hydrogen-bond donors (Lipinski definition) is 0. The van der Waals surface area contributed by atoms with Crippen LogP contribution in [0.25, 0.3) is 0 Å². The minimum Gasteiger partial charge on any atom is -0.462 e. The molecule has 0 unspecified atom stereocenters. The Morgan fingerprint density at radius 3 is 1.20 bits per heavy atom. The van der Waals surface area contributed by atoms with Crippen LogP contribution in [0.2, 0.25) is 0 Å². The summed E-state index contributed by atoms with van der Waals surface area (Å²) in [5.74, 6) is -0.362. The van der Waals surface area contributed by atoms with Crippen LogP contribution in [0.1, 0.15) is 110 Å². The van der Waals surface area contributed by atoms with Crippen LogP contribution in [0.4, 0.5) is 0 Å². The Balaban J connectivity index is 3.31. The van der Waals surface area contributed by atoms with Crippen molar-refractivity contribution in [1.82, 2.24) is 0 Å². The van der Waals surface area contributed by atoms with Gasteiger partial charge in [0.05, 0.1) is 0 Å². The van der Waals surface area contributed by atoms with E-state index in [1.54, 1.807) is 0 Å². The van der Waals surface area contributed by atoms with E-state index in [2.05, 4.69) is 13.8 Å². The third-order valence-electron chi connectivity index (χ3n) is 4.33. The van der Waals surface area contributed by atoms with E-state index in [0.29, 0.717) is 12.8 Å². The molecule has 0 aromatic rings. The molecule has 0 saturated carbocycles. The van der Waals surface area contributed by atoms with E-state index in [1.165, 1.54) is 57.8 Å². The van der Waals surface area contributed by atoms with Gasteiger partial charge in [0.2, 0.25) is 0 Å². The number of unbranched alkanes of at least 4 members (excludes halogenated alkanes) is 11. The Kier molecular flexibility index (Phi) is 18.5. The second kappa shape index (κ2) is 19.3. The topological polar surface area (TPSA) is 52.6 Å². The molecule has 0 aromatic heterocycles. The molecular formula is C21H40O4. The summed E-state index contributed by atoms with van der Waals surface area (Å²) in [6, 6.07) is 0. The number of carbonyl (C=O) groups is 2. The maximum Gasteiger partial charge on any atom is 0.305 e. The van der Waals surface area contributed by atoms with Gasteiger partial charge in [-0.15, -0.1) is 0 Å². The molecule has 0 bridgehead atoms. The van der Waals surface area contributed by atoms with Crippen molar-refractivity contribution in [1.29, 1.82) is 0 Å². The summed E-state index contributed by atoms with van der Waals surface area (Å²) >= 11 is 0. The fourth-order valence-electron chi connectivity index (χ4n) is 2.73. The van der Waals surface area contributed by atoms with Gasteiger partial charge in [0.25, 0.3) is 0 Å². The Labute approximate surface area is 155 Å². The largest absolute Gasteiger partial charge is 0.462 e. The highest BCUT2D eigenvalue weighted by Crippen LogP contribution is 2.09. The molecule has 0 heterocycles. The van der Waals surface area contributed by atoms with Crippen LogP contribution >= 0.6 is 0 Å². The fraction of sp³-hybridized carbons (Fsp3) is 0.905. The van der Waals surface area contributed by atoms with E-state index < -0.39 is 0 Å². The summed E-state index contributed by atoms with van der Waals surface area (Å²) in [5.41, 5.74) is 0. The second-order valence-electron chi connectivity index (χ2n) is 6.83. The molecule has 0 saturated heterocycles. The molecule has 0 radical (unpaired) electrons. The van der Waals surface area contributed by atoms with Gasteiger partial charge in [0.15, 0.2) is 0 Å². The first kappa shape index (κ1) is 23.9. The van der Waals surface area contributed by atoms with Crippen LogP contribution in [-0.4, -0.2) is 25.2 Å². The fourth-order valence-corrected chi connectivity index (χ4v) is 2.73. The van der Waals surface area contributed by atoms with E-state index in [1.807, 2.05) is 0 Å². The van der Waals surface area contributed by atoms with Gasteiger partial charge in [-0.2, -0.15) is 0 Å². The van der Waals surface area contributed by atoms with Crippen LogP contribution in [-0.2, 0) is 19.1 Å². The van der Waals surface area contributed by atoms with Gasteiger partial charge in [0, 0.05) is 12.8 Å². The molecule has 0 aliphatic heterocycles. The lowest BCUT2D eigenvalue weighted by Gasteiger charge is -2.07. The van der Waals surface area contributed by atoms with E-state index in [0.717, 1.165) is 25.7 Å². The normalized spacial score (nSPS) is 10.6. The molecule has 0 aliphatic carbocycles. The lowest BCUT2D eigenvalue weighted by atomic mass is 10.1. The molecule has 0 amide bonds. The summed E-state index contributed by atoms with van der Waals surface area (Å²) in [5, 5.41) is 0. The predicted octanol–water partition coefficient (Wildman–Crippen LogP) is 5.96. The molecule has 25 heavy (non-hydrogen) atoms. The third kappa shape index (κ3) is 19.1. The van der Waals surface area contributed by atoms with Crippen molar-refractivity contribution >= 4 is 11.9 Å². The summed E-state index contributed by atoms with van der Waals surface area (Å²) < 4.78 is 10.2. The lowest BCUT2D eigenvalue weighted by molar-refractivity contribution is -0.152. The summed E-state index contributed by atoms with van der Waals surface area (Å²) in [7, 11) is 0. The molecule has 0 N–H and O–H groups in total. The van der Waals surface area contributed by atoms with Gasteiger partial charge >= 0.3 is 11.9 Å². The number of hydrogen-bond acceptors (Lipinski definition) is 4. The van der Waals surface area contributed by atoms with Gasteiger partial charge in [0.1, 0.15) is 13.2 Å². The molecule has 0 spiro atoms. The van der Waals surface area contributed by atoms with Crippen molar-refractivity contribution in [2.45, 2.75) is 110 Å². The molecule has 0 aliphatic rings. The van der Waals surface area contributed by atoms with Gasteiger partial charge in [-0.05, 0) is 12.8 Å². The second-order valence-corrected chi connectivity index (χ2v) is 6.83. The standard InChI is InChI=1S/C21H40O4/c1-3-5-7-9-11-13-15-17-21(23)25-19-18-24-20(22)16-14-12-10-8-6-4-2/h3-19H2,1-2H3. The molecule has 0 atom stereocenters. The molecule has 0 aromatic carbocycles. The molecule has 0 fully saturated rings. The molecule has 0 rings (SSSR count). The van der Waals surface area contributed by atoms with Crippen LogP contribution in [0.5, 0.6) is 0 Å². The van der Waals surface area contributed by atoms with Crippen molar-refractivity contribution in [2.75, 3.05) is 13.2 Å². The van der Waals surface area contributed by atoms with E-state index in [-0.39, 0.29) is 25.2 Å². The average molecular weight is 357 g/mol. The Hall–Kier alpha value is -1.06. The van der Waals surface area contributed by atoms with Gasteiger partial charge in [-0.25, -0.2) is 0 Å². The van der Waals surface area contributed by atoms with Gasteiger partial charge < -0.3 is 9.47 Å². The SMILES string of the molecule is CCCCCCCCCC(=O)OCCOC(=O)CCCCCCCC. The zero-order chi connectivity index (χ0) is 18.6. The van der Waals surface area contributed by atoms with Crippen LogP contribution in [0, 0.1) is 0 Å². The first-order chi connectivity index (χ1) is 12.2. The summed E-state index contributed by atoms with van der Waals surface area (Å²) in [6.07, 6.45) is 16.2. The summed E-state index contributed by atoms with van der Waals surface area (Å²) in [4.78, 5) is 23.1. The van der Waals surface area contributed by atoms with Gasteiger partial charge in [-0.1, -0.05) is 84.5 Å². The number of rotatable bonds is 18. The van der Waals surface area contributed by atoms with Crippen molar-refractivity contribution in [3.63, 3.8) is 0 Å². The quantitative estimate of drug-likeness (QED) is 0.224. The van der Waals surface area contributed by atoms with Gasteiger partial charge in [-0.3, -0.25) is 9.59 Å². The van der Waals surface area contributed by atoms with Crippen LogP contribution < -0.4 is 0 Å². The number of esters is 2. The Morgan fingerprint density at radius 2 is 0.840 bits per heavy atom. The maximum absolute atomic E-state index is 11.6.